The molecule has 0 bridgehead atoms. The van der Waals surface area contributed by atoms with Crippen molar-refractivity contribution in [2.24, 2.45) is 5.92 Å². The summed E-state index contributed by atoms with van der Waals surface area (Å²) in [5.41, 5.74) is 2.51. The van der Waals surface area contributed by atoms with Gasteiger partial charge in [-0.05, 0) is 18.4 Å². The smallest absolute Gasteiger partial charge is 0.321 e. The van der Waals surface area contributed by atoms with Gasteiger partial charge >= 0.3 is 6.03 Å². The van der Waals surface area contributed by atoms with Crippen molar-refractivity contribution >= 4 is 11.9 Å². The van der Waals surface area contributed by atoms with E-state index in [0.717, 1.165) is 0 Å². The number of imide groups is 1. The van der Waals surface area contributed by atoms with E-state index in [1.165, 1.54) is 11.1 Å². The van der Waals surface area contributed by atoms with Crippen molar-refractivity contribution in [1.82, 2.24) is 10.6 Å². The molecule has 1 rings (SSSR count). The molecule has 5 nitrogen and oxygen atoms in total. The lowest BCUT2D eigenvalue weighted by molar-refractivity contribution is -0.692. The number of hydrogen-bond donors (Lipinski definition) is 3. The van der Waals surface area contributed by atoms with Gasteiger partial charge in [0.25, 0.3) is 5.91 Å². The first-order valence-electron chi connectivity index (χ1n) is 8.36. The number of nitrogens with two attached hydrogens (primary N) is 1. The quantitative estimate of drug-likeness (QED) is 0.718. The molecule has 0 unspecified atom stereocenters. The summed E-state index contributed by atoms with van der Waals surface area (Å²) < 4.78 is 0. The van der Waals surface area contributed by atoms with E-state index < -0.39 is 6.03 Å². The average molecular weight is 320 g/mol. The van der Waals surface area contributed by atoms with Crippen LogP contribution in [0.3, 0.4) is 0 Å². The third kappa shape index (κ3) is 6.40. The second-order valence-electron chi connectivity index (χ2n) is 6.44. The van der Waals surface area contributed by atoms with Crippen LogP contribution in [0.25, 0.3) is 0 Å². The average Bonchev–Trinajstić information content (AvgIpc) is 2.47. The minimum absolute atomic E-state index is 0.191. The van der Waals surface area contributed by atoms with Crippen molar-refractivity contribution in [1.29, 1.82) is 0 Å². The lowest BCUT2D eigenvalue weighted by Gasteiger charge is -2.20. The van der Waals surface area contributed by atoms with Gasteiger partial charge < -0.3 is 10.6 Å². The van der Waals surface area contributed by atoms with Crippen LogP contribution in [0, 0.1) is 5.92 Å². The molecule has 0 radical (unpaired) electrons. The Morgan fingerprint density at radius 2 is 1.61 bits per heavy atom. The molecule has 4 N–H and O–H groups in total. The third-order valence-corrected chi connectivity index (χ3v) is 3.85. The van der Waals surface area contributed by atoms with Crippen molar-refractivity contribution in [3.05, 3.63) is 35.4 Å². The van der Waals surface area contributed by atoms with Gasteiger partial charge in [0.1, 0.15) is 6.04 Å². The van der Waals surface area contributed by atoms with Gasteiger partial charge in [-0.25, -0.2) is 4.79 Å². The summed E-state index contributed by atoms with van der Waals surface area (Å²) in [6, 6.07) is 8.33. The number of carbonyl (C=O) groups is 2. The van der Waals surface area contributed by atoms with Gasteiger partial charge in [-0.3, -0.25) is 10.1 Å². The van der Waals surface area contributed by atoms with Crippen molar-refractivity contribution in [3.8, 4) is 0 Å². The number of quaternary nitrogens is 1. The summed E-state index contributed by atoms with van der Waals surface area (Å²) in [7, 11) is 0. The first kappa shape index (κ1) is 19.2. The zero-order valence-corrected chi connectivity index (χ0v) is 14.8. The summed E-state index contributed by atoms with van der Waals surface area (Å²) in [4.78, 5) is 23.2. The summed E-state index contributed by atoms with van der Waals surface area (Å²) in [6.45, 7) is 11.2. The molecule has 0 aliphatic carbocycles. The molecule has 5 heteroatoms. The van der Waals surface area contributed by atoms with Crippen LogP contribution in [0.4, 0.5) is 4.79 Å². The van der Waals surface area contributed by atoms with Gasteiger partial charge in [0.2, 0.25) is 0 Å². The van der Waals surface area contributed by atoms with Gasteiger partial charge in [-0.1, -0.05) is 52.0 Å². The second-order valence-corrected chi connectivity index (χ2v) is 6.44. The molecule has 0 aromatic heterocycles. The number of amides is 3. The lowest BCUT2D eigenvalue weighted by Crippen LogP contribution is -2.88. The Labute approximate surface area is 139 Å². The van der Waals surface area contributed by atoms with E-state index in [9.17, 15) is 9.59 Å². The summed E-state index contributed by atoms with van der Waals surface area (Å²) >= 11 is 0. The largest absolute Gasteiger partial charge is 0.338 e. The lowest BCUT2D eigenvalue weighted by atomic mass is 9.93. The van der Waals surface area contributed by atoms with E-state index >= 15 is 0 Å². The Hall–Kier alpha value is -1.88. The van der Waals surface area contributed by atoms with Crippen LogP contribution >= 0.6 is 0 Å². The Bertz CT molecular complexity index is 510. The molecule has 0 spiro atoms. The van der Waals surface area contributed by atoms with Crippen LogP contribution in [0.2, 0.25) is 0 Å². The summed E-state index contributed by atoms with van der Waals surface area (Å²) in [5, 5.41) is 6.87. The van der Waals surface area contributed by atoms with Crippen molar-refractivity contribution < 1.29 is 14.9 Å². The van der Waals surface area contributed by atoms with Gasteiger partial charge in [-0.2, -0.15) is 0 Å². The van der Waals surface area contributed by atoms with Gasteiger partial charge in [0, 0.05) is 18.0 Å². The van der Waals surface area contributed by atoms with Crippen LogP contribution in [-0.2, 0) is 4.79 Å². The van der Waals surface area contributed by atoms with Crippen LogP contribution in [0.1, 0.15) is 57.7 Å². The molecule has 1 aromatic carbocycles. The molecule has 0 aliphatic rings. The minimum atomic E-state index is -0.437. The van der Waals surface area contributed by atoms with E-state index in [0.29, 0.717) is 18.4 Å². The fourth-order valence-corrected chi connectivity index (χ4v) is 2.51. The molecule has 1 aromatic rings. The molecule has 0 saturated heterocycles. The first-order chi connectivity index (χ1) is 10.8. The number of nitrogens with one attached hydrogen (secondary N) is 2. The Morgan fingerprint density at radius 1 is 1.04 bits per heavy atom. The fourth-order valence-electron chi connectivity index (χ4n) is 2.51. The van der Waals surface area contributed by atoms with Gasteiger partial charge in [0.15, 0.2) is 6.54 Å². The second kappa shape index (κ2) is 9.30. The molecule has 0 aliphatic heterocycles. The third-order valence-electron chi connectivity index (χ3n) is 3.85. The summed E-state index contributed by atoms with van der Waals surface area (Å²) in [6.07, 6.45) is 0. The number of hydrogen-bond acceptors (Lipinski definition) is 2. The Balaban J connectivity index is 2.65. The summed E-state index contributed by atoms with van der Waals surface area (Å²) in [5.74, 6) is 0.617. The fraction of sp³-hybridized carbons (Fsp3) is 0.556. The predicted octanol–water partition coefficient (Wildman–Crippen LogP) is 1.92. The zero-order chi connectivity index (χ0) is 17.4. The molecule has 1 atom stereocenters. The molecule has 23 heavy (non-hydrogen) atoms. The molecular weight excluding hydrogens is 290 g/mol. The normalized spacial score (nSPS) is 12.3. The van der Waals surface area contributed by atoms with Crippen molar-refractivity contribution in [2.75, 3.05) is 13.1 Å². The standard InChI is InChI=1S/C18H29N3O2/c1-6-19-18(23)21-16(22)11-20-17(13(4)5)15-9-7-14(8-10-15)12(2)3/h7-10,12-13,17,20H,6,11H2,1-5H3,(H2,19,21,22,23)/p+1/t17-/m0/s1. The monoisotopic (exact) mass is 320 g/mol. The maximum Gasteiger partial charge on any atom is 0.321 e. The SMILES string of the molecule is CCNC(=O)NC(=O)C[NH2+][C@H](c1ccc(C(C)C)cc1)C(C)C. The Kier molecular flexibility index (Phi) is 7.75. The van der Waals surface area contributed by atoms with E-state index in [4.69, 9.17) is 0 Å². The van der Waals surface area contributed by atoms with E-state index in [-0.39, 0.29) is 18.5 Å². The number of urea groups is 1. The number of benzene rings is 1. The number of rotatable bonds is 7. The molecule has 0 saturated carbocycles. The van der Waals surface area contributed by atoms with Crippen molar-refractivity contribution in [3.63, 3.8) is 0 Å². The van der Waals surface area contributed by atoms with Crippen LogP contribution in [0.5, 0.6) is 0 Å². The zero-order valence-electron chi connectivity index (χ0n) is 14.8. The van der Waals surface area contributed by atoms with Crippen molar-refractivity contribution in [2.45, 2.75) is 46.6 Å². The highest BCUT2D eigenvalue weighted by Crippen LogP contribution is 2.21. The van der Waals surface area contributed by atoms with Crippen LogP contribution in [-0.4, -0.2) is 25.0 Å². The predicted molar refractivity (Wildman–Crippen MR) is 92.1 cm³/mol. The maximum atomic E-state index is 11.8. The molecule has 128 valence electrons. The highest BCUT2D eigenvalue weighted by Gasteiger charge is 2.21. The number of carbonyl (C=O) groups excluding carboxylic acids is 2. The van der Waals surface area contributed by atoms with Gasteiger partial charge in [0.05, 0.1) is 0 Å². The molecule has 3 amide bonds. The van der Waals surface area contributed by atoms with Gasteiger partial charge in [-0.15, -0.1) is 0 Å². The highest BCUT2D eigenvalue weighted by atomic mass is 16.2. The van der Waals surface area contributed by atoms with E-state index in [2.05, 4.69) is 62.6 Å². The molecular formula is C18H30N3O2+. The molecule has 0 heterocycles. The van der Waals surface area contributed by atoms with E-state index in [1.54, 1.807) is 0 Å². The van der Waals surface area contributed by atoms with E-state index in [1.807, 2.05) is 12.2 Å². The Morgan fingerprint density at radius 3 is 2.09 bits per heavy atom. The van der Waals surface area contributed by atoms with Crippen LogP contribution in [0.15, 0.2) is 24.3 Å². The minimum Gasteiger partial charge on any atom is -0.338 e. The maximum absolute atomic E-state index is 11.8. The first-order valence-corrected chi connectivity index (χ1v) is 8.36. The van der Waals surface area contributed by atoms with Crippen LogP contribution < -0.4 is 16.0 Å². The topological polar surface area (TPSA) is 74.8 Å². The molecule has 0 fully saturated rings. The highest BCUT2D eigenvalue weighted by molar-refractivity contribution is 5.94.